The molecule has 0 saturated heterocycles. The van der Waals surface area contributed by atoms with Crippen molar-refractivity contribution in [3.63, 3.8) is 0 Å². The Bertz CT molecular complexity index is 548. The molecule has 2 aromatic rings. The second kappa shape index (κ2) is 7.94. The number of nitrogens with one attached hydrogen (secondary N) is 1. The Labute approximate surface area is 127 Å². The van der Waals surface area contributed by atoms with E-state index in [2.05, 4.69) is 43.4 Å². The highest BCUT2D eigenvalue weighted by atomic mass is 19.1. The van der Waals surface area contributed by atoms with E-state index in [1.165, 1.54) is 17.2 Å². The van der Waals surface area contributed by atoms with Gasteiger partial charge in [-0.15, -0.1) is 0 Å². The van der Waals surface area contributed by atoms with Gasteiger partial charge in [-0.25, -0.2) is 4.39 Å². The van der Waals surface area contributed by atoms with Crippen LogP contribution >= 0.6 is 0 Å². The van der Waals surface area contributed by atoms with E-state index in [-0.39, 0.29) is 11.9 Å². The molecule has 2 heteroatoms. The molecule has 0 radical (unpaired) electrons. The topological polar surface area (TPSA) is 12.0 Å². The average Bonchev–Trinajstić information content (AvgIpc) is 2.50. The van der Waals surface area contributed by atoms with Crippen molar-refractivity contribution in [1.29, 1.82) is 0 Å². The summed E-state index contributed by atoms with van der Waals surface area (Å²) in [7, 11) is 0. The fourth-order valence-electron chi connectivity index (χ4n) is 2.57. The minimum absolute atomic E-state index is 0.0522. The number of benzene rings is 2. The van der Waals surface area contributed by atoms with Gasteiger partial charge in [0.2, 0.25) is 0 Å². The van der Waals surface area contributed by atoms with Crippen LogP contribution in [0.25, 0.3) is 0 Å². The van der Waals surface area contributed by atoms with Crippen LogP contribution in [0.4, 0.5) is 4.39 Å². The molecule has 112 valence electrons. The van der Waals surface area contributed by atoms with Gasteiger partial charge < -0.3 is 5.32 Å². The molecule has 1 N–H and O–H groups in total. The Kier molecular flexibility index (Phi) is 5.94. The van der Waals surface area contributed by atoms with Gasteiger partial charge in [0.25, 0.3) is 0 Å². The molecule has 0 spiro atoms. The second-order valence-corrected chi connectivity index (χ2v) is 5.43. The Morgan fingerprint density at radius 2 is 1.71 bits per heavy atom. The van der Waals surface area contributed by atoms with Crippen LogP contribution in [0.5, 0.6) is 0 Å². The summed E-state index contributed by atoms with van der Waals surface area (Å²) in [5.41, 5.74) is 3.52. The maximum Gasteiger partial charge on any atom is 0.123 e. The first-order valence-corrected chi connectivity index (χ1v) is 7.82. The van der Waals surface area contributed by atoms with Crippen molar-refractivity contribution in [3.8, 4) is 0 Å². The van der Waals surface area contributed by atoms with Crippen molar-refractivity contribution >= 4 is 0 Å². The zero-order chi connectivity index (χ0) is 15.1. The maximum atomic E-state index is 13.5. The van der Waals surface area contributed by atoms with Gasteiger partial charge in [-0.05, 0) is 48.2 Å². The molecule has 0 aromatic heterocycles. The third-order valence-corrected chi connectivity index (χ3v) is 3.63. The zero-order valence-electron chi connectivity index (χ0n) is 12.9. The lowest BCUT2D eigenvalue weighted by atomic mass is 9.96. The second-order valence-electron chi connectivity index (χ2n) is 5.43. The van der Waals surface area contributed by atoms with Crippen LogP contribution in [-0.4, -0.2) is 6.54 Å². The van der Waals surface area contributed by atoms with Gasteiger partial charge in [0.05, 0.1) is 6.04 Å². The highest BCUT2D eigenvalue weighted by molar-refractivity contribution is 5.34. The molecule has 0 saturated carbocycles. The first kappa shape index (κ1) is 15.7. The first-order chi connectivity index (χ1) is 10.2. The van der Waals surface area contributed by atoms with E-state index in [9.17, 15) is 4.39 Å². The molecule has 0 aliphatic heterocycles. The van der Waals surface area contributed by atoms with E-state index in [0.717, 1.165) is 31.4 Å². The predicted octanol–water partition coefficient (Wildman–Crippen LogP) is 4.87. The van der Waals surface area contributed by atoms with E-state index in [0.29, 0.717) is 0 Å². The number of halogens is 1. The van der Waals surface area contributed by atoms with Crippen molar-refractivity contribution in [2.75, 3.05) is 6.54 Å². The summed E-state index contributed by atoms with van der Waals surface area (Å²) in [6.07, 6.45) is 3.31. The average molecular weight is 285 g/mol. The van der Waals surface area contributed by atoms with Crippen LogP contribution < -0.4 is 5.32 Å². The molecule has 2 rings (SSSR count). The summed E-state index contributed by atoms with van der Waals surface area (Å²) in [6, 6.07) is 15.6. The van der Waals surface area contributed by atoms with Crippen LogP contribution in [0.2, 0.25) is 0 Å². The zero-order valence-corrected chi connectivity index (χ0v) is 12.9. The van der Waals surface area contributed by atoms with E-state index in [1.807, 2.05) is 6.07 Å². The van der Waals surface area contributed by atoms with Crippen molar-refractivity contribution in [2.24, 2.45) is 0 Å². The summed E-state index contributed by atoms with van der Waals surface area (Å²) >= 11 is 0. The smallest absolute Gasteiger partial charge is 0.123 e. The lowest BCUT2D eigenvalue weighted by Crippen LogP contribution is -2.23. The molecule has 0 amide bonds. The molecule has 0 fully saturated rings. The Morgan fingerprint density at radius 1 is 0.952 bits per heavy atom. The van der Waals surface area contributed by atoms with Crippen molar-refractivity contribution in [3.05, 3.63) is 71.0 Å². The van der Waals surface area contributed by atoms with Crippen LogP contribution in [0.3, 0.4) is 0 Å². The monoisotopic (exact) mass is 285 g/mol. The van der Waals surface area contributed by atoms with Crippen LogP contribution in [0.15, 0.2) is 48.5 Å². The van der Waals surface area contributed by atoms with Gasteiger partial charge in [0.1, 0.15) is 5.82 Å². The molecule has 21 heavy (non-hydrogen) atoms. The molecule has 1 atom stereocenters. The number of hydrogen-bond acceptors (Lipinski definition) is 1. The summed E-state index contributed by atoms with van der Waals surface area (Å²) < 4.78 is 13.5. The normalized spacial score (nSPS) is 12.3. The van der Waals surface area contributed by atoms with Gasteiger partial charge in [0, 0.05) is 0 Å². The SMILES string of the molecule is CCCNC(c1ccc(CCC)cc1)c1cccc(F)c1. The number of hydrogen-bond donors (Lipinski definition) is 1. The number of aryl methyl sites for hydroxylation is 1. The van der Waals surface area contributed by atoms with Crippen molar-refractivity contribution < 1.29 is 4.39 Å². The molecular formula is C19H24FN. The van der Waals surface area contributed by atoms with E-state index < -0.39 is 0 Å². The molecule has 1 unspecified atom stereocenters. The Balaban J connectivity index is 2.26. The summed E-state index contributed by atoms with van der Waals surface area (Å²) in [6.45, 7) is 5.24. The fraction of sp³-hybridized carbons (Fsp3) is 0.368. The Morgan fingerprint density at radius 3 is 2.33 bits per heavy atom. The summed E-state index contributed by atoms with van der Waals surface area (Å²) in [5, 5.41) is 3.51. The standard InChI is InChI=1S/C19H24FN/c1-3-6-15-9-11-16(12-10-15)19(21-13-4-2)17-7-5-8-18(20)14-17/h5,7-12,14,19,21H,3-4,6,13H2,1-2H3. The molecule has 0 heterocycles. The van der Waals surface area contributed by atoms with Gasteiger partial charge >= 0.3 is 0 Å². The van der Waals surface area contributed by atoms with E-state index in [1.54, 1.807) is 12.1 Å². The van der Waals surface area contributed by atoms with E-state index in [4.69, 9.17) is 0 Å². The lowest BCUT2D eigenvalue weighted by Gasteiger charge is -2.20. The van der Waals surface area contributed by atoms with E-state index >= 15 is 0 Å². The van der Waals surface area contributed by atoms with Crippen LogP contribution in [0.1, 0.15) is 49.4 Å². The van der Waals surface area contributed by atoms with Crippen LogP contribution in [-0.2, 0) is 6.42 Å². The minimum atomic E-state index is -0.182. The largest absolute Gasteiger partial charge is 0.306 e. The van der Waals surface area contributed by atoms with Crippen LogP contribution in [0, 0.1) is 5.82 Å². The highest BCUT2D eigenvalue weighted by Gasteiger charge is 2.13. The molecule has 1 nitrogen and oxygen atoms in total. The van der Waals surface area contributed by atoms with Gasteiger partial charge in [-0.1, -0.05) is 56.7 Å². The van der Waals surface area contributed by atoms with Crippen molar-refractivity contribution in [2.45, 2.75) is 39.2 Å². The third-order valence-electron chi connectivity index (χ3n) is 3.63. The molecular weight excluding hydrogens is 261 g/mol. The predicted molar refractivity (Wildman–Crippen MR) is 87.0 cm³/mol. The van der Waals surface area contributed by atoms with Gasteiger partial charge in [0.15, 0.2) is 0 Å². The maximum absolute atomic E-state index is 13.5. The molecule has 0 bridgehead atoms. The highest BCUT2D eigenvalue weighted by Crippen LogP contribution is 2.23. The van der Waals surface area contributed by atoms with Gasteiger partial charge in [-0.3, -0.25) is 0 Å². The van der Waals surface area contributed by atoms with Crippen molar-refractivity contribution in [1.82, 2.24) is 5.32 Å². The lowest BCUT2D eigenvalue weighted by molar-refractivity contribution is 0.585. The fourth-order valence-corrected chi connectivity index (χ4v) is 2.57. The third kappa shape index (κ3) is 4.40. The number of rotatable bonds is 7. The van der Waals surface area contributed by atoms with Gasteiger partial charge in [-0.2, -0.15) is 0 Å². The summed E-state index contributed by atoms with van der Waals surface area (Å²) in [4.78, 5) is 0. The quantitative estimate of drug-likeness (QED) is 0.765. The molecule has 2 aromatic carbocycles. The first-order valence-electron chi connectivity index (χ1n) is 7.82. The summed E-state index contributed by atoms with van der Waals surface area (Å²) in [5.74, 6) is -0.182. The Hall–Kier alpha value is -1.67. The molecule has 0 aliphatic rings. The minimum Gasteiger partial charge on any atom is -0.306 e. The molecule has 0 aliphatic carbocycles.